The van der Waals surface area contributed by atoms with Crippen LogP contribution in [0.3, 0.4) is 0 Å². The average Bonchev–Trinajstić information content (AvgIpc) is 2.87. The van der Waals surface area contributed by atoms with Gasteiger partial charge in [0.1, 0.15) is 12.6 Å². The van der Waals surface area contributed by atoms with Gasteiger partial charge >= 0.3 is 25.7 Å². The summed E-state index contributed by atoms with van der Waals surface area (Å²) < 4.78 is 32.0. The van der Waals surface area contributed by atoms with Crippen molar-refractivity contribution in [3.05, 3.63) is 0 Å². The molecule has 0 bridgehead atoms. The minimum absolute atomic E-state index is 0.165. The van der Waals surface area contributed by atoms with Gasteiger partial charge < -0.3 is 25.2 Å². The number of rotatable bonds is 26. The molecule has 0 rings (SSSR count). The van der Waals surface area contributed by atoms with Gasteiger partial charge in [-0.3, -0.25) is 23.4 Å². The van der Waals surface area contributed by atoms with E-state index < -0.39 is 51.1 Å². The third kappa shape index (κ3) is 22.5. The van der Waals surface area contributed by atoms with Crippen LogP contribution >= 0.6 is 7.82 Å². The van der Waals surface area contributed by atoms with Crippen LogP contribution in [0.1, 0.15) is 117 Å². The van der Waals surface area contributed by atoms with Crippen molar-refractivity contribution in [3.8, 4) is 0 Å². The standard InChI is InChI=1S/C26H50NO10P/c1-3-5-7-9-10-11-12-13-14-16-18-25(29)37-22(19-34-24(28)17-15-8-6-4-2)20-35-38(32,33)36-21-23(27)26(30)31/h22-23H,3-21,27H2,1-2H3,(H,30,31)(H,32,33). The van der Waals surface area contributed by atoms with Crippen LogP contribution in [0.5, 0.6) is 0 Å². The number of phosphoric acid groups is 1. The Morgan fingerprint density at radius 1 is 0.711 bits per heavy atom. The fraction of sp³-hybridized carbons (Fsp3) is 0.885. The lowest BCUT2D eigenvalue weighted by atomic mass is 10.1. The second-order valence-corrected chi connectivity index (χ2v) is 11.0. The molecule has 0 heterocycles. The van der Waals surface area contributed by atoms with Gasteiger partial charge in [-0.2, -0.15) is 0 Å². The highest BCUT2D eigenvalue weighted by molar-refractivity contribution is 7.47. The van der Waals surface area contributed by atoms with Crippen LogP contribution in [0.2, 0.25) is 0 Å². The molecule has 0 aromatic heterocycles. The summed E-state index contributed by atoms with van der Waals surface area (Å²) >= 11 is 0. The maximum absolute atomic E-state index is 12.3. The van der Waals surface area contributed by atoms with Crippen LogP contribution in [0, 0.1) is 0 Å². The SMILES string of the molecule is CCCCCCCCCCCCC(=O)OC(COC(=O)CCCCCC)COP(=O)(O)OCC(N)C(=O)O. The van der Waals surface area contributed by atoms with E-state index in [9.17, 15) is 23.8 Å². The Labute approximate surface area is 227 Å². The van der Waals surface area contributed by atoms with Crippen molar-refractivity contribution >= 4 is 25.7 Å². The van der Waals surface area contributed by atoms with E-state index in [0.717, 1.165) is 38.5 Å². The number of carboxylic acid groups (broad SMARTS) is 1. The van der Waals surface area contributed by atoms with Gasteiger partial charge in [0.2, 0.25) is 0 Å². The van der Waals surface area contributed by atoms with E-state index in [1.165, 1.54) is 38.5 Å². The van der Waals surface area contributed by atoms with E-state index in [0.29, 0.717) is 12.8 Å². The normalized spacial score (nSPS) is 14.4. The Hall–Kier alpha value is -1.52. The van der Waals surface area contributed by atoms with E-state index >= 15 is 0 Å². The van der Waals surface area contributed by atoms with Crippen LogP contribution in [0.4, 0.5) is 0 Å². The number of esters is 2. The van der Waals surface area contributed by atoms with E-state index in [1.807, 2.05) is 0 Å². The molecule has 0 spiro atoms. The number of carboxylic acids is 1. The highest BCUT2D eigenvalue weighted by Crippen LogP contribution is 2.43. The molecule has 0 saturated carbocycles. The minimum Gasteiger partial charge on any atom is -0.480 e. The van der Waals surface area contributed by atoms with Gasteiger partial charge in [-0.25, -0.2) is 4.57 Å². The molecular weight excluding hydrogens is 517 g/mol. The molecule has 3 atom stereocenters. The number of carbonyl (C=O) groups excluding carboxylic acids is 2. The fourth-order valence-electron chi connectivity index (χ4n) is 3.53. The van der Waals surface area contributed by atoms with Gasteiger partial charge in [-0.05, 0) is 12.8 Å². The largest absolute Gasteiger partial charge is 0.480 e. The van der Waals surface area contributed by atoms with E-state index in [-0.39, 0.29) is 19.4 Å². The predicted octanol–water partition coefficient (Wildman–Crippen LogP) is 5.27. The van der Waals surface area contributed by atoms with Crippen molar-refractivity contribution in [2.45, 2.75) is 129 Å². The molecule has 3 unspecified atom stereocenters. The smallest absolute Gasteiger partial charge is 0.472 e. The second-order valence-electron chi connectivity index (χ2n) is 9.54. The zero-order valence-electron chi connectivity index (χ0n) is 23.3. The number of hydrogen-bond donors (Lipinski definition) is 3. The van der Waals surface area contributed by atoms with Crippen molar-refractivity contribution in [2.75, 3.05) is 19.8 Å². The number of phosphoric ester groups is 1. The first kappa shape index (κ1) is 36.5. The number of ether oxygens (including phenoxy) is 2. The Morgan fingerprint density at radius 2 is 1.16 bits per heavy atom. The average molecular weight is 568 g/mol. The maximum Gasteiger partial charge on any atom is 0.472 e. The lowest BCUT2D eigenvalue weighted by Gasteiger charge is -2.20. The molecule has 11 nitrogen and oxygen atoms in total. The molecule has 4 N–H and O–H groups in total. The summed E-state index contributed by atoms with van der Waals surface area (Å²) in [6.07, 6.45) is 14.1. The van der Waals surface area contributed by atoms with Crippen molar-refractivity contribution in [1.29, 1.82) is 0 Å². The molecule has 0 amide bonds. The topological polar surface area (TPSA) is 172 Å². The van der Waals surface area contributed by atoms with Crippen LogP contribution in [0.15, 0.2) is 0 Å². The highest BCUT2D eigenvalue weighted by Gasteiger charge is 2.28. The fourth-order valence-corrected chi connectivity index (χ4v) is 4.31. The Kier molecular flexibility index (Phi) is 22.4. The zero-order chi connectivity index (χ0) is 28.7. The molecule has 0 aliphatic rings. The van der Waals surface area contributed by atoms with Crippen molar-refractivity contribution < 1.29 is 47.5 Å². The molecular formula is C26H50NO10P. The van der Waals surface area contributed by atoms with Gasteiger partial charge in [0.25, 0.3) is 0 Å². The van der Waals surface area contributed by atoms with Gasteiger partial charge in [0.05, 0.1) is 13.2 Å². The first-order chi connectivity index (χ1) is 18.1. The monoisotopic (exact) mass is 567 g/mol. The molecule has 0 aliphatic carbocycles. The molecule has 12 heteroatoms. The summed E-state index contributed by atoms with van der Waals surface area (Å²) in [5.74, 6) is -2.40. The molecule has 38 heavy (non-hydrogen) atoms. The Balaban J connectivity index is 4.53. The first-order valence-electron chi connectivity index (χ1n) is 14.1. The van der Waals surface area contributed by atoms with Crippen LogP contribution < -0.4 is 5.73 Å². The van der Waals surface area contributed by atoms with Crippen LogP contribution in [-0.2, 0) is 37.5 Å². The third-order valence-electron chi connectivity index (χ3n) is 5.86. The maximum atomic E-state index is 12.3. The van der Waals surface area contributed by atoms with Crippen molar-refractivity contribution in [1.82, 2.24) is 0 Å². The molecule has 0 aromatic rings. The second kappa shape index (κ2) is 23.4. The summed E-state index contributed by atoms with van der Waals surface area (Å²) in [6.45, 7) is 2.59. The third-order valence-corrected chi connectivity index (χ3v) is 6.81. The van der Waals surface area contributed by atoms with Crippen molar-refractivity contribution in [2.24, 2.45) is 5.73 Å². The zero-order valence-corrected chi connectivity index (χ0v) is 24.2. The van der Waals surface area contributed by atoms with E-state index in [2.05, 4.69) is 18.4 Å². The van der Waals surface area contributed by atoms with Crippen molar-refractivity contribution in [3.63, 3.8) is 0 Å². The molecule has 0 fully saturated rings. The van der Waals surface area contributed by atoms with Crippen LogP contribution in [-0.4, -0.2) is 59.9 Å². The number of nitrogens with two attached hydrogens (primary N) is 1. The lowest BCUT2D eigenvalue weighted by Crippen LogP contribution is -2.34. The highest BCUT2D eigenvalue weighted by atomic mass is 31.2. The number of hydrogen-bond acceptors (Lipinski definition) is 9. The molecule has 0 radical (unpaired) electrons. The summed E-state index contributed by atoms with van der Waals surface area (Å²) in [5.41, 5.74) is 5.26. The van der Waals surface area contributed by atoms with E-state index in [1.54, 1.807) is 0 Å². The number of unbranched alkanes of at least 4 members (excludes halogenated alkanes) is 12. The molecule has 0 aliphatic heterocycles. The van der Waals surface area contributed by atoms with E-state index in [4.69, 9.17) is 24.8 Å². The number of carbonyl (C=O) groups is 3. The Bertz CT molecular complexity index is 691. The number of aliphatic carboxylic acids is 1. The van der Waals surface area contributed by atoms with Gasteiger partial charge in [-0.1, -0.05) is 90.9 Å². The van der Waals surface area contributed by atoms with Gasteiger partial charge in [0.15, 0.2) is 6.10 Å². The molecule has 0 saturated heterocycles. The summed E-state index contributed by atoms with van der Waals surface area (Å²) in [6, 6.07) is -1.51. The Morgan fingerprint density at radius 3 is 1.68 bits per heavy atom. The van der Waals surface area contributed by atoms with Gasteiger partial charge in [0, 0.05) is 12.8 Å². The van der Waals surface area contributed by atoms with Crippen LogP contribution in [0.25, 0.3) is 0 Å². The summed E-state index contributed by atoms with van der Waals surface area (Å²) in [4.78, 5) is 44.9. The summed E-state index contributed by atoms with van der Waals surface area (Å²) in [7, 11) is -4.68. The minimum atomic E-state index is -4.68. The molecule has 0 aromatic carbocycles. The lowest BCUT2D eigenvalue weighted by molar-refractivity contribution is -0.161. The predicted molar refractivity (Wildman–Crippen MR) is 143 cm³/mol. The molecule has 224 valence electrons. The summed E-state index contributed by atoms with van der Waals surface area (Å²) in [5, 5.41) is 8.76. The van der Waals surface area contributed by atoms with Gasteiger partial charge in [-0.15, -0.1) is 0 Å². The quantitative estimate of drug-likeness (QED) is 0.0706. The first-order valence-corrected chi connectivity index (χ1v) is 15.6.